The van der Waals surface area contributed by atoms with E-state index in [1.165, 1.54) is 0 Å². The minimum atomic E-state index is -0.465. The van der Waals surface area contributed by atoms with E-state index >= 15 is 0 Å². The molecule has 84 valence electrons. The largest absolute Gasteiger partial charge is 0.393 e. The molecule has 4 nitrogen and oxygen atoms in total. The monoisotopic (exact) mass is 282 g/mol. The van der Waals surface area contributed by atoms with Crippen LogP contribution >= 0.6 is 15.9 Å². The van der Waals surface area contributed by atoms with Crippen molar-refractivity contribution in [2.24, 2.45) is 0 Å². The van der Waals surface area contributed by atoms with Crippen LogP contribution in [0.4, 0.5) is 0 Å². The lowest BCUT2D eigenvalue weighted by atomic mass is 10.2. The van der Waals surface area contributed by atoms with Gasteiger partial charge in [0.2, 0.25) is 0 Å². The van der Waals surface area contributed by atoms with Crippen LogP contribution in [0.2, 0.25) is 0 Å². The predicted molar refractivity (Wildman–Crippen MR) is 62.8 cm³/mol. The van der Waals surface area contributed by atoms with Crippen molar-refractivity contribution < 1.29 is 9.63 Å². The minimum absolute atomic E-state index is 0.400. The highest BCUT2D eigenvalue weighted by Crippen LogP contribution is 2.21. The van der Waals surface area contributed by atoms with Crippen LogP contribution < -0.4 is 0 Å². The summed E-state index contributed by atoms with van der Waals surface area (Å²) in [4.78, 5) is 4.20. The Morgan fingerprint density at radius 3 is 3.00 bits per heavy atom. The molecule has 0 radical (unpaired) electrons. The highest BCUT2D eigenvalue weighted by molar-refractivity contribution is 9.10. The fourth-order valence-electron chi connectivity index (χ4n) is 1.34. The molecule has 0 amide bonds. The second kappa shape index (κ2) is 4.76. The van der Waals surface area contributed by atoms with Crippen LogP contribution in [0.5, 0.6) is 0 Å². The molecular formula is C11H11BrN2O2. The van der Waals surface area contributed by atoms with Crippen molar-refractivity contribution >= 4 is 15.9 Å². The van der Waals surface area contributed by atoms with Gasteiger partial charge in [-0.25, -0.2) is 0 Å². The maximum absolute atomic E-state index is 9.20. The summed E-state index contributed by atoms with van der Waals surface area (Å²) in [6.45, 7) is 1.69. The number of aliphatic hydroxyl groups is 1. The molecule has 1 unspecified atom stereocenters. The van der Waals surface area contributed by atoms with Gasteiger partial charge in [0.1, 0.15) is 0 Å². The number of rotatable bonds is 3. The van der Waals surface area contributed by atoms with Gasteiger partial charge in [0.25, 0.3) is 5.89 Å². The van der Waals surface area contributed by atoms with Crippen LogP contribution in [0.1, 0.15) is 12.7 Å². The van der Waals surface area contributed by atoms with Gasteiger partial charge in [0, 0.05) is 16.5 Å². The SMILES string of the molecule is CC(O)Cc1noc(-c2cccc(Br)c2)n1. The Labute approximate surface area is 101 Å². The standard InChI is InChI=1S/C11H11BrN2O2/c1-7(15)5-10-13-11(16-14-10)8-3-2-4-9(12)6-8/h2-4,6-7,15H,5H2,1H3. The Bertz CT molecular complexity index is 482. The lowest BCUT2D eigenvalue weighted by Gasteiger charge is -1.96. The van der Waals surface area contributed by atoms with E-state index in [0.717, 1.165) is 10.0 Å². The van der Waals surface area contributed by atoms with Crippen LogP contribution in [0, 0.1) is 0 Å². The maximum Gasteiger partial charge on any atom is 0.257 e. The molecule has 1 N–H and O–H groups in total. The second-order valence-corrected chi connectivity index (χ2v) is 4.49. The first-order valence-corrected chi connectivity index (χ1v) is 5.71. The van der Waals surface area contributed by atoms with Gasteiger partial charge in [-0.3, -0.25) is 0 Å². The van der Waals surface area contributed by atoms with Crippen LogP contribution in [0.3, 0.4) is 0 Å². The molecule has 0 saturated carbocycles. The summed E-state index contributed by atoms with van der Waals surface area (Å²) < 4.78 is 6.07. The van der Waals surface area contributed by atoms with E-state index in [4.69, 9.17) is 4.52 Å². The van der Waals surface area contributed by atoms with Gasteiger partial charge in [0.05, 0.1) is 6.10 Å². The average Bonchev–Trinajstić information content (AvgIpc) is 2.65. The van der Waals surface area contributed by atoms with Crippen molar-refractivity contribution in [3.63, 3.8) is 0 Å². The van der Waals surface area contributed by atoms with Crippen molar-refractivity contribution in [1.82, 2.24) is 10.1 Å². The highest BCUT2D eigenvalue weighted by Gasteiger charge is 2.10. The maximum atomic E-state index is 9.20. The number of halogens is 1. The number of hydrogen-bond donors (Lipinski definition) is 1. The Morgan fingerprint density at radius 2 is 2.31 bits per heavy atom. The van der Waals surface area contributed by atoms with E-state index in [1.807, 2.05) is 24.3 Å². The molecular weight excluding hydrogens is 272 g/mol. The molecule has 0 fully saturated rings. The summed E-state index contributed by atoms with van der Waals surface area (Å²) in [5, 5.41) is 13.0. The van der Waals surface area contributed by atoms with E-state index in [-0.39, 0.29) is 0 Å². The number of nitrogens with zero attached hydrogens (tertiary/aromatic N) is 2. The molecule has 0 saturated heterocycles. The number of hydrogen-bond acceptors (Lipinski definition) is 4. The Balaban J connectivity index is 2.24. The molecule has 0 aliphatic rings. The molecule has 0 spiro atoms. The van der Waals surface area contributed by atoms with E-state index < -0.39 is 6.10 Å². The molecule has 5 heteroatoms. The lowest BCUT2D eigenvalue weighted by Crippen LogP contribution is -2.05. The number of aromatic nitrogens is 2. The summed E-state index contributed by atoms with van der Waals surface area (Å²) in [7, 11) is 0. The number of aliphatic hydroxyl groups excluding tert-OH is 1. The molecule has 2 aromatic rings. The minimum Gasteiger partial charge on any atom is -0.393 e. The van der Waals surface area contributed by atoms with Gasteiger partial charge < -0.3 is 9.63 Å². The van der Waals surface area contributed by atoms with Gasteiger partial charge in [0.15, 0.2) is 5.82 Å². The van der Waals surface area contributed by atoms with Crippen molar-refractivity contribution in [1.29, 1.82) is 0 Å². The molecule has 2 rings (SSSR count). The van der Waals surface area contributed by atoms with Crippen molar-refractivity contribution in [3.05, 3.63) is 34.6 Å². The van der Waals surface area contributed by atoms with Gasteiger partial charge in [-0.1, -0.05) is 27.2 Å². The molecule has 1 aromatic heterocycles. The molecule has 0 bridgehead atoms. The highest BCUT2D eigenvalue weighted by atomic mass is 79.9. The molecule has 1 heterocycles. The third kappa shape index (κ3) is 2.68. The third-order valence-corrected chi connectivity index (χ3v) is 2.51. The fraction of sp³-hybridized carbons (Fsp3) is 0.273. The zero-order valence-electron chi connectivity index (χ0n) is 8.72. The van der Waals surface area contributed by atoms with E-state index in [0.29, 0.717) is 18.1 Å². The van der Waals surface area contributed by atoms with Crippen molar-refractivity contribution in [2.45, 2.75) is 19.4 Å². The fourth-order valence-corrected chi connectivity index (χ4v) is 1.74. The summed E-state index contributed by atoms with van der Waals surface area (Å²) in [6, 6.07) is 7.62. The van der Waals surface area contributed by atoms with E-state index in [1.54, 1.807) is 6.92 Å². The van der Waals surface area contributed by atoms with Gasteiger partial charge >= 0.3 is 0 Å². The van der Waals surface area contributed by atoms with Crippen LogP contribution in [0.15, 0.2) is 33.3 Å². The Morgan fingerprint density at radius 1 is 1.50 bits per heavy atom. The topological polar surface area (TPSA) is 59.2 Å². The summed E-state index contributed by atoms with van der Waals surface area (Å²) in [6.07, 6.45) is -0.0646. The van der Waals surface area contributed by atoms with Gasteiger partial charge in [-0.05, 0) is 25.1 Å². The van der Waals surface area contributed by atoms with E-state index in [9.17, 15) is 5.11 Å². The first kappa shape index (κ1) is 11.3. The average molecular weight is 283 g/mol. The smallest absolute Gasteiger partial charge is 0.257 e. The van der Waals surface area contributed by atoms with Crippen LogP contribution in [0.25, 0.3) is 11.5 Å². The molecule has 0 aliphatic heterocycles. The van der Waals surface area contributed by atoms with Gasteiger partial charge in [-0.15, -0.1) is 0 Å². The molecule has 1 aromatic carbocycles. The normalized spacial score (nSPS) is 12.7. The quantitative estimate of drug-likeness (QED) is 0.939. The third-order valence-electron chi connectivity index (χ3n) is 2.02. The Kier molecular flexibility index (Phi) is 3.36. The second-order valence-electron chi connectivity index (χ2n) is 3.58. The first-order chi connectivity index (χ1) is 7.65. The first-order valence-electron chi connectivity index (χ1n) is 4.92. The predicted octanol–water partition coefficient (Wildman–Crippen LogP) is 2.42. The van der Waals surface area contributed by atoms with Crippen molar-refractivity contribution in [3.8, 4) is 11.5 Å². The van der Waals surface area contributed by atoms with Gasteiger partial charge in [-0.2, -0.15) is 4.98 Å². The van der Waals surface area contributed by atoms with Crippen molar-refractivity contribution in [2.75, 3.05) is 0 Å². The van der Waals surface area contributed by atoms with E-state index in [2.05, 4.69) is 26.1 Å². The summed E-state index contributed by atoms with van der Waals surface area (Å²) in [5.41, 5.74) is 0.860. The Hall–Kier alpha value is -1.20. The molecule has 16 heavy (non-hydrogen) atoms. The van der Waals surface area contributed by atoms with Crippen LogP contribution in [-0.2, 0) is 6.42 Å². The zero-order chi connectivity index (χ0) is 11.5. The summed E-state index contributed by atoms with van der Waals surface area (Å²) in [5.74, 6) is 0.988. The lowest BCUT2D eigenvalue weighted by molar-refractivity contribution is 0.191. The van der Waals surface area contributed by atoms with Crippen LogP contribution in [-0.4, -0.2) is 21.4 Å². The molecule has 0 aliphatic carbocycles. The summed E-state index contributed by atoms with van der Waals surface area (Å²) >= 11 is 3.38. The number of benzene rings is 1. The zero-order valence-corrected chi connectivity index (χ0v) is 10.3. The molecule has 1 atom stereocenters.